The molecule has 1 heterocycles. The van der Waals surface area contributed by atoms with E-state index in [1.165, 1.54) is 36.5 Å². The Labute approximate surface area is 256 Å². The predicted octanol–water partition coefficient (Wildman–Crippen LogP) is 6.79. The number of H-pyrrole nitrogens is 1. The number of aromatic nitrogens is 1. The second kappa shape index (κ2) is 13.1. The first-order valence-electron chi connectivity index (χ1n) is 13.3. The van der Waals surface area contributed by atoms with Crippen LogP contribution in [0.15, 0.2) is 90.0 Å². The van der Waals surface area contributed by atoms with Crippen molar-refractivity contribution in [3.05, 3.63) is 117 Å². The number of amides is 1. The van der Waals surface area contributed by atoms with Crippen molar-refractivity contribution in [2.24, 2.45) is 5.10 Å². The number of fused-ring (bicyclic) bond motifs is 1. The summed E-state index contributed by atoms with van der Waals surface area (Å²) < 4.78 is 16.6. The Bertz CT molecular complexity index is 1900. The molecule has 4 aromatic carbocycles. The van der Waals surface area contributed by atoms with Crippen molar-refractivity contribution in [3.8, 4) is 28.4 Å². The second-order valence-electron chi connectivity index (χ2n) is 9.27. The molecule has 0 saturated carbocycles. The minimum absolute atomic E-state index is 0.136. The Kier molecular flexibility index (Phi) is 8.87. The van der Waals surface area contributed by atoms with E-state index in [-0.39, 0.29) is 35.1 Å². The van der Waals surface area contributed by atoms with Crippen LogP contribution in [0.2, 0.25) is 5.02 Å². The fraction of sp³-hybridized carbons (Fsp3) is 0.0938. The molecule has 44 heavy (non-hydrogen) atoms. The molecule has 0 fully saturated rings. The first-order valence-corrected chi connectivity index (χ1v) is 13.7. The number of nitrogens with one attached hydrogen (secondary N) is 2. The summed E-state index contributed by atoms with van der Waals surface area (Å²) in [7, 11) is 1.55. The molecule has 0 unspecified atom stereocenters. The third-order valence-corrected chi connectivity index (χ3v) is 6.88. The second-order valence-corrected chi connectivity index (χ2v) is 9.68. The fourth-order valence-corrected chi connectivity index (χ4v) is 4.76. The number of carbonyl (C=O) groups excluding carboxylic acids is 2. The molecule has 2 N–H and O–H groups in total. The molecule has 12 heteroatoms. The number of aromatic amines is 1. The van der Waals surface area contributed by atoms with Crippen LogP contribution in [0.25, 0.3) is 22.0 Å². The smallest absolute Gasteiger partial charge is 0.343 e. The van der Waals surface area contributed by atoms with Gasteiger partial charge in [-0.2, -0.15) is 5.10 Å². The van der Waals surface area contributed by atoms with Crippen molar-refractivity contribution in [1.82, 2.24) is 10.4 Å². The zero-order valence-electron chi connectivity index (χ0n) is 23.5. The summed E-state index contributed by atoms with van der Waals surface area (Å²) >= 11 is 6.51. The van der Waals surface area contributed by atoms with Crippen LogP contribution in [0, 0.1) is 10.1 Å². The molecule has 5 rings (SSSR count). The van der Waals surface area contributed by atoms with Gasteiger partial charge in [-0.15, -0.1) is 0 Å². The summed E-state index contributed by atoms with van der Waals surface area (Å²) in [6, 6.07) is 22.5. The van der Waals surface area contributed by atoms with Gasteiger partial charge in [0.2, 0.25) is 0 Å². The number of esters is 1. The summed E-state index contributed by atoms with van der Waals surface area (Å²) in [6.07, 6.45) is 1.42. The molecule has 0 saturated heterocycles. The van der Waals surface area contributed by atoms with Gasteiger partial charge in [-0.25, -0.2) is 10.2 Å². The van der Waals surface area contributed by atoms with E-state index in [1.54, 1.807) is 38.3 Å². The molecule has 5 aromatic rings. The molecular weight excluding hydrogens is 588 g/mol. The number of nitro groups is 1. The van der Waals surface area contributed by atoms with Crippen molar-refractivity contribution < 1.29 is 28.7 Å². The summed E-state index contributed by atoms with van der Waals surface area (Å²) in [6.45, 7) is 2.06. The predicted molar refractivity (Wildman–Crippen MR) is 166 cm³/mol. The van der Waals surface area contributed by atoms with Gasteiger partial charge in [0.05, 0.1) is 35.9 Å². The van der Waals surface area contributed by atoms with Crippen LogP contribution >= 0.6 is 11.6 Å². The van der Waals surface area contributed by atoms with E-state index in [9.17, 15) is 19.7 Å². The van der Waals surface area contributed by atoms with E-state index < -0.39 is 16.8 Å². The number of ether oxygens (including phenoxy) is 3. The number of hydrogen-bond acceptors (Lipinski definition) is 8. The van der Waals surface area contributed by atoms with Gasteiger partial charge in [-0.05, 0) is 55.0 Å². The molecule has 0 aliphatic rings. The maximum absolute atomic E-state index is 13.4. The highest BCUT2D eigenvalue weighted by molar-refractivity contribution is 6.34. The standard InChI is InChI=1S/C32H25ClN4O7/c1-3-43-27-17-19(11-16-25(27)44-32(39)20-12-14-21(15-13-20)37(40)41)18-34-36-31(38)30-28(22-7-4-5-9-24(22)33)23-8-6-10-26(42-2)29(23)35-30/h4-18,35H,3H2,1-2H3,(H,36,38). The lowest BCUT2D eigenvalue weighted by Crippen LogP contribution is -2.19. The minimum Gasteiger partial charge on any atom is -0.495 e. The number of non-ortho nitro benzene ring substituents is 1. The molecule has 0 atom stereocenters. The number of methoxy groups -OCH3 is 1. The fourth-order valence-electron chi connectivity index (χ4n) is 4.53. The van der Waals surface area contributed by atoms with E-state index in [0.717, 1.165) is 5.39 Å². The number of benzene rings is 4. The van der Waals surface area contributed by atoms with Gasteiger partial charge in [0, 0.05) is 33.7 Å². The molecule has 1 amide bonds. The molecule has 1 aromatic heterocycles. The van der Waals surface area contributed by atoms with Crippen molar-refractivity contribution in [1.29, 1.82) is 0 Å². The first-order chi connectivity index (χ1) is 21.3. The van der Waals surface area contributed by atoms with Crippen LogP contribution in [0.1, 0.15) is 33.3 Å². The van der Waals surface area contributed by atoms with Gasteiger partial charge in [0.25, 0.3) is 11.6 Å². The number of para-hydroxylation sites is 1. The lowest BCUT2D eigenvalue weighted by molar-refractivity contribution is -0.384. The van der Waals surface area contributed by atoms with E-state index in [1.807, 2.05) is 30.3 Å². The van der Waals surface area contributed by atoms with Gasteiger partial charge >= 0.3 is 5.97 Å². The van der Waals surface area contributed by atoms with Gasteiger partial charge in [0.15, 0.2) is 11.5 Å². The highest BCUT2D eigenvalue weighted by Gasteiger charge is 2.22. The minimum atomic E-state index is -0.709. The van der Waals surface area contributed by atoms with E-state index >= 15 is 0 Å². The normalized spacial score (nSPS) is 11.0. The lowest BCUT2D eigenvalue weighted by Gasteiger charge is -2.11. The number of carbonyl (C=O) groups is 2. The molecule has 0 aliphatic heterocycles. The summed E-state index contributed by atoms with van der Waals surface area (Å²) in [4.78, 5) is 39.5. The maximum Gasteiger partial charge on any atom is 0.343 e. The zero-order chi connectivity index (χ0) is 31.2. The Balaban J connectivity index is 1.37. The van der Waals surface area contributed by atoms with Crippen molar-refractivity contribution >= 4 is 46.3 Å². The van der Waals surface area contributed by atoms with E-state index in [4.69, 9.17) is 25.8 Å². The van der Waals surface area contributed by atoms with Crippen LogP contribution in [0.4, 0.5) is 5.69 Å². The topological polar surface area (TPSA) is 145 Å². The Morgan fingerprint density at radius 1 is 1.00 bits per heavy atom. The number of hydrazone groups is 1. The van der Waals surface area contributed by atoms with Gasteiger partial charge in [-0.1, -0.05) is 41.9 Å². The Morgan fingerprint density at radius 2 is 1.77 bits per heavy atom. The number of nitrogens with zero attached hydrogens (tertiary/aromatic N) is 2. The molecule has 0 bridgehead atoms. The number of rotatable bonds is 10. The van der Waals surface area contributed by atoms with Gasteiger partial charge in [-0.3, -0.25) is 14.9 Å². The third kappa shape index (κ3) is 6.22. The van der Waals surface area contributed by atoms with Crippen molar-refractivity contribution in [3.63, 3.8) is 0 Å². The number of hydrogen-bond donors (Lipinski definition) is 2. The van der Waals surface area contributed by atoms with Crippen LogP contribution in [-0.4, -0.2) is 41.7 Å². The molecule has 0 radical (unpaired) electrons. The molecule has 222 valence electrons. The SMILES string of the molecule is CCOc1cc(C=NNC(=O)c2[nH]c3c(OC)cccc3c2-c2ccccc2Cl)ccc1OC(=O)c1ccc([N+](=O)[O-])cc1. The van der Waals surface area contributed by atoms with E-state index in [2.05, 4.69) is 15.5 Å². The van der Waals surface area contributed by atoms with Crippen LogP contribution in [-0.2, 0) is 0 Å². The third-order valence-electron chi connectivity index (χ3n) is 6.55. The first kappa shape index (κ1) is 29.8. The summed E-state index contributed by atoms with van der Waals surface area (Å²) in [5.41, 5.74) is 5.26. The lowest BCUT2D eigenvalue weighted by atomic mass is 10.0. The van der Waals surface area contributed by atoms with E-state index in [0.29, 0.717) is 33.0 Å². The largest absolute Gasteiger partial charge is 0.495 e. The zero-order valence-corrected chi connectivity index (χ0v) is 24.3. The highest BCUT2D eigenvalue weighted by Crippen LogP contribution is 2.39. The van der Waals surface area contributed by atoms with Crippen LogP contribution < -0.4 is 19.6 Å². The Hall–Kier alpha value is -5.68. The van der Waals surface area contributed by atoms with Gasteiger partial charge < -0.3 is 19.2 Å². The van der Waals surface area contributed by atoms with Crippen molar-refractivity contribution in [2.45, 2.75) is 6.92 Å². The van der Waals surface area contributed by atoms with Crippen LogP contribution in [0.3, 0.4) is 0 Å². The molecule has 0 aliphatic carbocycles. The number of nitro benzene ring substituents is 1. The summed E-state index contributed by atoms with van der Waals surface area (Å²) in [5, 5.41) is 16.2. The Morgan fingerprint density at radius 3 is 2.48 bits per heavy atom. The monoisotopic (exact) mass is 612 g/mol. The van der Waals surface area contributed by atoms with Crippen LogP contribution in [0.5, 0.6) is 17.2 Å². The van der Waals surface area contributed by atoms with Crippen molar-refractivity contribution in [2.75, 3.05) is 13.7 Å². The molecular formula is C32H25ClN4O7. The van der Waals surface area contributed by atoms with Gasteiger partial charge in [0.1, 0.15) is 11.4 Å². The highest BCUT2D eigenvalue weighted by atomic mass is 35.5. The average Bonchev–Trinajstić information content (AvgIpc) is 3.42. The summed E-state index contributed by atoms with van der Waals surface area (Å²) in [5.74, 6) is -0.238. The average molecular weight is 613 g/mol. The quantitative estimate of drug-likeness (QED) is 0.0581. The maximum atomic E-state index is 13.4. The number of halogens is 1. The molecule has 0 spiro atoms. The molecule has 11 nitrogen and oxygen atoms in total.